The molecule has 0 bridgehead atoms. The van der Waals surface area contributed by atoms with E-state index in [1.54, 1.807) is 0 Å². The number of carbonyl (C=O) groups excluding carboxylic acids is 3. The number of rotatable bonds is 7. The number of nitrogens with zero attached hydrogens (tertiary/aromatic N) is 5. The number of hydrogen-bond acceptors (Lipinski definition) is 13. The van der Waals surface area contributed by atoms with Gasteiger partial charge in [-0.15, -0.1) is 0 Å². The highest BCUT2D eigenvalue weighted by molar-refractivity contribution is 5.83. The molecule has 0 saturated carbocycles. The van der Waals surface area contributed by atoms with Crippen molar-refractivity contribution in [3.8, 4) is 6.07 Å². The van der Waals surface area contributed by atoms with Crippen molar-refractivity contribution in [2.75, 3.05) is 25.1 Å². The Hall–Kier alpha value is -3.83. The molecular formula is C21H24N6O8. The second-order valence-corrected chi connectivity index (χ2v) is 8.05. The van der Waals surface area contributed by atoms with Gasteiger partial charge in [0.1, 0.15) is 18.8 Å². The lowest BCUT2D eigenvalue weighted by Gasteiger charge is -2.23. The van der Waals surface area contributed by atoms with Crippen LogP contribution in [0.2, 0.25) is 0 Å². The maximum absolute atomic E-state index is 11.9. The maximum Gasteiger partial charge on any atom is 0.303 e. The molecule has 2 aliphatic rings. The monoisotopic (exact) mass is 488 g/mol. The quantitative estimate of drug-likeness (QED) is 0.414. The Morgan fingerprint density at radius 3 is 2.54 bits per heavy atom. The minimum absolute atomic E-state index is 0.0113. The van der Waals surface area contributed by atoms with Gasteiger partial charge in [0.25, 0.3) is 0 Å². The Kier molecular flexibility index (Phi) is 7.08. The molecule has 2 saturated heterocycles. The molecule has 0 aliphatic carbocycles. The number of nitrogens with one attached hydrogen (secondary N) is 1. The van der Waals surface area contributed by atoms with Gasteiger partial charge in [0.15, 0.2) is 35.4 Å². The van der Waals surface area contributed by atoms with E-state index in [1.807, 2.05) is 6.07 Å². The van der Waals surface area contributed by atoms with Crippen LogP contribution in [0.5, 0.6) is 0 Å². The van der Waals surface area contributed by atoms with Crippen LogP contribution >= 0.6 is 0 Å². The molecule has 2 fully saturated rings. The molecule has 0 radical (unpaired) electrons. The van der Waals surface area contributed by atoms with Crippen molar-refractivity contribution in [3.05, 3.63) is 12.2 Å². The number of anilines is 1. The third-order valence-electron chi connectivity index (χ3n) is 5.41. The molecule has 0 amide bonds. The molecule has 1 N–H and O–H groups in total. The van der Waals surface area contributed by atoms with Crippen LogP contribution in [0.3, 0.4) is 0 Å². The molecule has 2 aromatic rings. The molecule has 14 nitrogen and oxygen atoms in total. The van der Waals surface area contributed by atoms with Gasteiger partial charge in [0.2, 0.25) is 5.82 Å². The third-order valence-corrected chi connectivity index (χ3v) is 5.41. The molecule has 2 aromatic heterocycles. The van der Waals surface area contributed by atoms with Crippen LogP contribution in [0, 0.1) is 11.3 Å². The van der Waals surface area contributed by atoms with Crippen molar-refractivity contribution in [2.45, 2.75) is 57.8 Å². The number of aromatic nitrogens is 4. The van der Waals surface area contributed by atoms with E-state index in [-0.39, 0.29) is 24.1 Å². The summed E-state index contributed by atoms with van der Waals surface area (Å²) in [5, 5.41) is 12.7. The summed E-state index contributed by atoms with van der Waals surface area (Å²) in [6.45, 7) is 4.47. The van der Waals surface area contributed by atoms with Crippen LogP contribution < -0.4 is 5.32 Å². The molecule has 0 spiro atoms. The highest BCUT2D eigenvalue weighted by atomic mass is 16.7. The fourth-order valence-electron chi connectivity index (χ4n) is 4.01. The molecule has 14 heteroatoms. The van der Waals surface area contributed by atoms with Crippen molar-refractivity contribution in [2.24, 2.45) is 0 Å². The standard InChI is InChI=1S/C21H24N6O8/c1-10(28)32-8-14-17(33-11(2)29)18(34-12(3)30)21(35-14)27-9-23-16-19(24-13-4-5-31-7-13)25-15(6-22)26-20(16)27/h9,13-14,17-18,21H,4-5,7-8H2,1-3H3,(H,24,25,26)/t13?,14-,17+,18-,21-/m1/s1. The van der Waals surface area contributed by atoms with Gasteiger partial charge in [-0.2, -0.15) is 15.2 Å². The Labute approximate surface area is 199 Å². The number of ether oxygens (including phenoxy) is 5. The van der Waals surface area contributed by atoms with E-state index in [9.17, 15) is 19.6 Å². The number of nitriles is 1. The van der Waals surface area contributed by atoms with Gasteiger partial charge in [-0.05, 0) is 6.42 Å². The lowest BCUT2D eigenvalue weighted by atomic mass is 10.1. The minimum Gasteiger partial charge on any atom is -0.463 e. The number of esters is 3. The Morgan fingerprint density at radius 1 is 1.17 bits per heavy atom. The van der Waals surface area contributed by atoms with E-state index >= 15 is 0 Å². The zero-order chi connectivity index (χ0) is 25.1. The Morgan fingerprint density at radius 2 is 1.91 bits per heavy atom. The normalized spacial score (nSPS) is 25.7. The molecule has 5 atom stereocenters. The largest absolute Gasteiger partial charge is 0.463 e. The van der Waals surface area contributed by atoms with Gasteiger partial charge in [-0.1, -0.05) is 0 Å². The Bertz CT molecular complexity index is 1170. The van der Waals surface area contributed by atoms with Gasteiger partial charge < -0.3 is 29.0 Å². The van der Waals surface area contributed by atoms with Gasteiger partial charge in [-0.3, -0.25) is 19.0 Å². The van der Waals surface area contributed by atoms with E-state index in [0.29, 0.717) is 24.5 Å². The summed E-state index contributed by atoms with van der Waals surface area (Å²) >= 11 is 0. The van der Waals surface area contributed by atoms with Crippen LogP contribution in [-0.4, -0.2) is 81.6 Å². The lowest BCUT2D eigenvalue weighted by Crippen LogP contribution is -2.40. The zero-order valence-corrected chi connectivity index (χ0v) is 19.3. The van der Waals surface area contributed by atoms with Crippen LogP contribution in [0.15, 0.2) is 6.33 Å². The first-order chi connectivity index (χ1) is 16.8. The number of imidazole rings is 1. The molecule has 2 aliphatic heterocycles. The molecule has 186 valence electrons. The maximum atomic E-state index is 11.9. The van der Waals surface area contributed by atoms with Gasteiger partial charge >= 0.3 is 17.9 Å². The lowest BCUT2D eigenvalue weighted by molar-refractivity contribution is -0.166. The molecule has 4 heterocycles. The van der Waals surface area contributed by atoms with Gasteiger partial charge in [-0.25, -0.2) is 4.98 Å². The van der Waals surface area contributed by atoms with Crippen LogP contribution in [0.4, 0.5) is 5.82 Å². The third kappa shape index (κ3) is 5.31. The summed E-state index contributed by atoms with van der Waals surface area (Å²) in [6, 6.07) is 1.91. The van der Waals surface area contributed by atoms with Crippen LogP contribution in [-0.2, 0) is 38.1 Å². The van der Waals surface area contributed by atoms with E-state index < -0.39 is 42.4 Å². The highest BCUT2D eigenvalue weighted by Crippen LogP contribution is 2.36. The van der Waals surface area contributed by atoms with Gasteiger partial charge in [0.05, 0.1) is 19.0 Å². The summed E-state index contributed by atoms with van der Waals surface area (Å²) in [5.74, 6) is -1.62. The average molecular weight is 488 g/mol. The average Bonchev–Trinajstić information content (AvgIpc) is 3.52. The predicted octanol–water partition coefficient (Wildman–Crippen LogP) is 0.223. The number of carbonyl (C=O) groups is 3. The highest BCUT2D eigenvalue weighted by Gasteiger charge is 2.51. The van der Waals surface area contributed by atoms with Crippen molar-refractivity contribution in [3.63, 3.8) is 0 Å². The van der Waals surface area contributed by atoms with Crippen molar-refractivity contribution < 1.29 is 38.1 Å². The SMILES string of the molecule is CC(=O)OC[C@H]1O[C@@H](n2cnc3c(NC4CCOC4)nc(C#N)nc32)[C@H](OC(C)=O)[C@H]1OC(C)=O. The fraction of sp³-hybridized carbons (Fsp3) is 0.571. The second kappa shape index (κ2) is 10.2. The van der Waals surface area contributed by atoms with Crippen LogP contribution in [0.1, 0.15) is 39.2 Å². The van der Waals surface area contributed by atoms with Crippen LogP contribution in [0.25, 0.3) is 11.2 Å². The first-order valence-corrected chi connectivity index (χ1v) is 10.9. The summed E-state index contributed by atoms with van der Waals surface area (Å²) in [5.41, 5.74) is 0.586. The molecular weight excluding hydrogens is 464 g/mol. The number of hydrogen-bond donors (Lipinski definition) is 1. The first kappa shape index (κ1) is 24.3. The van der Waals surface area contributed by atoms with Crippen molar-refractivity contribution in [1.29, 1.82) is 5.26 Å². The zero-order valence-electron chi connectivity index (χ0n) is 19.3. The minimum atomic E-state index is -1.12. The molecule has 0 aromatic carbocycles. The molecule has 35 heavy (non-hydrogen) atoms. The summed E-state index contributed by atoms with van der Waals surface area (Å²) in [6.07, 6.45) is -2.04. The van der Waals surface area contributed by atoms with Crippen molar-refractivity contribution in [1.82, 2.24) is 19.5 Å². The Balaban J connectivity index is 1.75. The summed E-state index contributed by atoms with van der Waals surface area (Å²) in [4.78, 5) is 48.0. The topological polar surface area (TPSA) is 177 Å². The summed E-state index contributed by atoms with van der Waals surface area (Å²) in [7, 11) is 0. The van der Waals surface area contributed by atoms with Gasteiger partial charge in [0, 0.05) is 27.4 Å². The molecule has 4 rings (SSSR count). The summed E-state index contributed by atoms with van der Waals surface area (Å²) < 4.78 is 28.8. The second-order valence-electron chi connectivity index (χ2n) is 8.05. The smallest absolute Gasteiger partial charge is 0.303 e. The van der Waals surface area contributed by atoms with E-state index in [2.05, 4.69) is 20.3 Å². The van der Waals surface area contributed by atoms with Crippen molar-refractivity contribution >= 4 is 34.9 Å². The van der Waals surface area contributed by atoms with E-state index in [4.69, 9.17) is 23.7 Å². The fourth-order valence-corrected chi connectivity index (χ4v) is 4.01. The first-order valence-electron chi connectivity index (χ1n) is 10.9. The van der Waals surface area contributed by atoms with E-state index in [1.165, 1.54) is 31.7 Å². The van der Waals surface area contributed by atoms with E-state index in [0.717, 1.165) is 6.42 Å². The number of fused-ring (bicyclic) bond motifs is 1. The predicted molar refractivity (Wildman–Crippen MR) is 115 cm³/mol. The molecule has 1 unspecified atom stereocenters.